The van der Waals surface area contributed by atoms with Gasteiger partial charge in [-0.15, -0.1) is 0 Å². The molecule has 0 saturated carbocycles. The van der Waals surface area contributed by atoms with Crippen LogP contribution in [0.5, 0.6) is 0 Å². The van der Waals surface area contributed by atoms with E-state index in [1.54, 1.807) is 6.26 Å². The lowest BCUT2D eigenvalue weighted by atomic mass is 10.2. The molecule has 0 aliphatic carbocycles. The standard InChI is InChI=1S/C11H10F3N3O2S2/c1-20-10-15-6-7(21-10)16-9(11(12,13)14)17(8(6)18)5-2-3-19-4-5/h5H,2-4H2,1H3/t5-/m1/s1. The van der Waals surface area contributed by atoms with Gasteiger partial charge in [-0.25, -0.2) is 9.97 Å². The number of rotatable bonds is 2. The van der Waals surface area contributed by atoms with Crippen molar-refractivity contribution in [2.24, 2.45) is 0 Å². The molecule has 1 atom stereocenters. The Labute approximate surface area is 125 Å². The third kappa shape index (κ3) is 2.55. The van der Waals surface area contributed by atoms with Crippen LogP contribution < -0.4 is 5.56 Å². The first-order valence-electron chi connectivity index (χ1n) is 6.04. The topological polar surface area (TPSA) is 57.0 Å². The van der Waals surface area contributed by atoms with Crippen LogP contribution in [0.4, 0.5) is 13.2 Å². The monoisotopic (exact) mass is 337 g/mol. The SMILES string of the molecule is CSc1nc2c(=O)n([C@@H]3CCOC3)c(C(F)(F)F)nc2s1. The van der Waals surface area contributed by atoms with Gasteiger partial charge in [0.15, 0.2) is 14.7 Å². The van der Waals surface area contributed by atoms with Crippen LogP contribution in [0, 0.1) is 0 Å². The Balaban J connectivity index is 2.30. The van der Waals surface area contributed by atoms with E-state index in [4.69, 9.17) is 4.74 Å². The van der Waals surface area contributed by atoms with E-state index in [9.17, 15) is 18.0 Å². The van der Waals surface area contributed by atoms with E-state index in [2.05, 4.69) is 9.97 Å². The van der Waals surface area contributed by atoms with Crippen LogP contribution in [-0.4, -0.2) is 34.0 Å². The van der Waals surface area contributed by atoms with Crippen LogP contribution >= 0.6 is 23.1 Å². The number of nitrogens with zero attached hydrogens (tertiary/aromatic N) is 3. The molecule has 0 N–H and O–H groups in total. The van der Waals surface area contributed by atoms with Crippen LogP contribution in [0.1, 0.15) is 18.3 Å². The summed E-state index contributed by atoms with van der Waals surface area (Å²) >= 11 is 2.26. The van der Waals surface area contributed by atoms with Gasteiger partial charge in [-0.1, -0.05) is 23.1 Å². The van der Waals surface area contributed by atoms with Crippen LogP contribution in [0.15, 0.2) is 9.13 Å². The Morgan fingerprint density at radius 3 is 2.76 bits per heavy atom. The molecule has 2 aromatic heterocycles. The molecule has 0 unspecified atom stereocenters. The van der Waals surface area contributed by atoms with Gasteiger partial charge in [0.2, 0.25) is 5.82 Å². The highest BCUT2D eigenvalue weighted by molar-refractivity contribution is 8.00. The van der Waals surface area contributed by atoms with E-state index < -0.39 is 23.6 Å². The summed E-state index contributed by atoms with van der Waals surface area (Å²) in [6.45, 7) is 0.412. The summed E-state index contributed by atoms with van der Waals surface area (Å²) in [7, 11) is 0. The fourth-order valence-corrected chi connectivity index (χ4v) is 3.64. The summed E-state index contributed by atoms with van der Waals surface area (Å²) in [6.07, 6.45) is -2.60. The predicted octanol–water partition coefficient (Wildman–Crippen LogP) is 2.56. The summed E-state index contributed by atoms with van der Waals surface area (Å²) in [5.41, 5.74) is -0.761. The highest BCUT2D eigenvalue weighted by Gasteiger charge is 2.40. The molecule has 0 spiro atoms. The fraction of sp³-hybridized carbons (Fsp3) is 0.545. The van der Waals surface area contributed by atoms with E-state index in [1.807, 2.05) is 0 Å². The van der Waals surface area contributed by atoms with Crippen molar-refractivity contribution < 1.29 is 17.9 Å². The fourth-order valence-electron chi connectivity index (χ4n) is 2.22. The quantitative estimate of drug-likeness (QED) is 0.788. The van der Waals surface area contributed by atoms with E-state index in [-0.39, 0.29) is 17.0 Å². The van der Waals surface area contributed by atoms with E-state index in [0.717, 1.165) is 11.3 Å². The number of alkyl halides is 3. The number of thiazole rings is 1. The van der Waals surface area contributed by atoms with Crippen molar-refractivity contribution in [3.8, 4) is 0 Å². The zero-order valence-corrected chi connectivity index (χ0v) is 12.4. The molecule has 1 aliphatic heterocycles. The molecule has 0 aromatic carbocycles. The first-order chi connectivity index (χ1) is 9.91. The molecule has 114 valence electrons. The van der Waals surface area contributed by atoms with Crippen LogP contribution in [-0.2, 0) is 10.9 Å². The van der Waals surface area contributed by atoms with Crippen molar-refractivity contribution in [3.05, 3.63) is 16.2 Å². The second-order valence-electron chi connectivity index (χ2n) is 4.46. The van der Waals surface area contributed by atoms with Crippen molar-refractivity contribution in [2.75, 3.05) is 19.5 Å². The maximum atomic E-state index is 13.2. The van der Waals surface area contributed by atoms with Gasteiger partial charge < -0.3 is 4.74 Å². The molecule has 0 bridgehead atoms. The summed E-state index contributed by atoms with van der Waals surface area (Å²) in [5.74, 6) is -1.17. The maximum absolute atomic E-state index is 13.2. The Morgan fingerprint density at radius 2 is 2.19 bits per heavy atom. The minimum Gasteiger partial charge on any atom is -0.379 e. The predicted molar refractivity (Wildman–Crippen MR) is 72.9 cm³/mol. The first kappa shape index (κ1) is 14.8. The number of aromatic nitrogens is 3. The van der Waals surface area contributed by atoms with E-state index >= 15 is 0 Å². The minimum absolute atomic E-state index is 0.00995. The average molecular weight is 337 g/mol. The lowest BCUT2D eigenvalue weighted by Gasteiger charge is -2.18. The third-order valence-corrected chi connectivity index (χ3v) is 5.08. The van der Waals surface area contributed by atoms with Crippen molar-refractivity contribution in [1.82, 2.24) is 14.5 Å². The molecular weight excluding hydrogens is 327 g/mol. The first-order valence-corrected chi connectivity index (χ1v) is 8.08. The smallest absolute Gasteiger partial charge is 0.379 e. The van der Waals surface area contributed by atoms with Crippen molar-refractivity contribution in [2.45, 2.75) is 23.0 Å². The van der Waals surface area contributed by atoms with Gasteiger partial charge in [-0.3, -0.25) is 9.36 Å². The highest BCUT2D eigenvalue weighted by Crippen LogP contribution is 2.33. The lowest BCUT2D eigenvalue weighted by Crippen LogP contribution is -2.33. The number of thioether (sulfide) groups is 1. The van der Waals surface area contributed by atoms with Gasteiger partial charge in [-0.2, -0.15) is 13.2 Å². The Bertz CT molecular complexity index is 735. The molecule has 0 radical (unpaired) electrons. The number of hydrogen-bond acceptors (Lipinski definition) is 6. The molecule has 3 heterocycles. The van der Waals surface area contributed by atoms with Crippen LogP contribution in [0.3, 0.4) is 0 Å². The zero-order valence-electron chi connectivity index (χ0n) is 10.8. The zero-order chi connectivity index (χ0) is 15.2. The molecule has 21 heavy (non-hydrogen) atoms. The van der Waals surface area contributed by atoms with Crippen LogP contribution in [0.2, 0.25) is 0 Å². The number of fused-ring (bicyclic) bond motifs is 1. The summed E-state index contributed by atoms with van der Waals surface area (Å²) < 4.78 is 45.9. The van der Waals surface area contributed by atoms with Gasteiger partial charge in [0.05, 0.1) is 12.6 Å². The van der Waals surface area contributed by atoms with Crippen molar-refractivity contribution >= 4 is 33.4 Å². The summed E-state index contributed by atoms with van der Waals surface area (Å²) in [5, 5.41) is 0. The van der Waals surface area contributed by atoms with Gasteiger partial charge in [0, 0.05) is 6.61 Å². The molecule has 0 amide bonds. The normalized spacial score (nSPS) is 19.5. The van der Waals surface area contributed by atoms with Gasteiger partial charge in [0.25, 0.3) is 5.56 Å². The molecule has 2 aromatic rings. The molecule has 1 saturated heterocycles. The Hall–Kier alpha value is -1.13. The van der Waals surface area contributed by atoms with E-state index in [1.165, 1.54) is 11.8 Å². The van der Waals surface area contributed by atoms with Gasteiger partial charge in [-0.05, 0) is 12.7 Å². The highest BCUT2D eigenvalue weighted by atomic mass is 32.2. The van der Waals surface area contributed by atoms with Crippen molar-refractivity contribution in [3.63, 3.8) is 0 Å². The molecule has 1 fully saturated rings. The summed E-state index contributed by atoms with van der Waals surface area (Å²) in [4.78, 5) is 20.1. The lowest BCUT2D eigenvalue weighted by molar-refractivity contribution is -0.148. The average Bonchev–Trinajstić information content (AvgIpc) is 3.05. The van der Waals surface area contributed by atoms with Gasteiger partial charge >= 0.3 is 6.18 Å². The summed E-state index contributed by atoms with van der Waals surface area (Å²) in [6, 6.07) is -0.648. The number of hydrogen-bond donors (Lipinski definition) is 0. The Morgan fingerprint density at radius 1 is 1.43 bits per heavy atom. The maximum Gasteiger partial charge on any atom is 0.449 e. The van der Waals surface area contributed by atoms with Gasteiger partial charge in [0.1, 0.15) is 0 Å². The van der Waals surface area contributed by atoms with Crippen LogP contribution in [0.25, 0.3) is 10.3 Å². The second kappa shape index (κ2) is 5.25. The molecule has 5 nitrogen and oxygen atoms in total. The molecule has 10 heteroatoms. The number of ether oxygens (including phenoxy) is 1. The minimum atomic E-state index is -4.69. The molecular formula is C11H10F3N3O2S2. The van der Waals surface area contributed by atoms with Crippen molar-refractivity contribution in [1.29, 1.82) is 0 Å². The van der Waals surface area contributed by atoms with E-state index in [0.29, 0.717) is 21.9 Å². The Kier molecular flexibility index (Phi) is 3.70. The molecule has 1 aliphatic rings. The second-order valence-corrected chi connectivity index (χ2v) is 6.49. The third-order valence-electron chi connectivity index (χ3n) is 3.15. The molecule has 3 rings (SSSR count). The number of halogens is 3. The largest absolute Gasteiger partial charge is 0.449 e.